The number of allylic oxidation sites excluding steroid dienone is 4. The Morgan fingerprint density at radius 3 is 2.26 bits per heavy atom. The summed E-state index contributed by atoms with van der Waals surface area (Å²) in [5.74, 6) is 1.14. The van der Waals surface area contributed by atoms with Crippen molar-refractivity contribution in [1.82, 2.24) is 4.57 Å². The molecule has 0 radical (unpaired) electrons. The van der Waals surface area contributed by atoms with Gasteiger partial charge in [-0.05, 0) is 38.0 Å². The zero-order chi connectivity index (χ0) is 20.0. The summed E-state index contributed by atoms with van der Waals surface area (Å²) < 4.78 is 12.7. The number of unbranched alkanes of at least 4 members (excludes halogenated alkanes) is 1. The van der Waals surface area contributed by atoms with Crippen molar-refractivity contribution in [2.75, 3.05) is 14.2 Å². The number of rotatable bonds is 8. The van der Waals surface area contributed by atoms with Gasteiger partial charge in [-0.15, -0.1) is 0 Å². The van der Waals surface area contributed by atoms with Gasteiger partial charge in [0.1, 0.15) is 0 Å². The molecule has 0 amide bonds. The maximum absolute atomic E-state index is 13.4. The molecule has 0 aliphatic rings. The van der Waals surface area contributed by atoms with Crippen LogP contribution in [0.1, 0.15) is 44.9 Å². The fraction of sp³-hybridized carbons (Fsp3) is 0.348. The van der Waals surface area contributed by atoms with Gasteiger partial charge in [0.15, 0.2) is 11.5 Å². The molecule has 0 atom stereocenters. The first-order valence-corrected chi connectivity index (χ1v) is 9.32. The lowest BCUT2D eigenvalue weighted by atomic mass is 9.97. The van der Waals surface area contributed by atoms with E-state index in [0.29, 0.717) is 23.4 Å². The van der Waals surface area contributed by atoms with E-state index in [9.17, 15) is 4.79 Å². The molecule has 0 aliphatic heterocycles. The maximum atomic E-state index is 13.4. The average Bonchev–Trinajstić information content (AvgIpc) is 2.70. The largest absolute Gasteiger partial charge is 0.493 e. The molecule has 0 saturated carbocycles. The second kappa shape index (κ2) is 9.26. The van der Waals surface area contributed by atoms with E-state index in [1.807, 2.05) is 48.8 Å². The molecule has 4 nitrogen and oxygen atoms in total. The molecule has 27 heavy (non-hydrogen) atoms. The molecule has 0 unspecified atom stereocenters. The Morgan fingerprint density at radius 2 is 1.78 bits per heavy atom. The van der Waals surface area contributed by atoms with E-state index < -0.39 is 0 Å². The van der Waals surface area contributed by atoms with Crippen molar-refractivity contribution >= 4 is 22.4 Å². The van der Waals surface area contributed by atoms with Crippen LogP contribution < -0.4 is 15.0 Å². The smallest absolute Gasteiger partial charge is 0.259 e. The van der Waals surface area contributed by atoms with E-state index >= 15 is 0 Å². The highest BCUT2D eigenvalue weighted by Gasteiger charge is 2.19. The summed E-state index contributed by atoms with van der Waals surface area (Å²) in [7, 11) is 3.17. The van der Waals surface area contributed by atoms with Crippen molar-refractivity contribution in [3.05, 3.63) is 58.6 Å². The molecule has 2 aromatic rings. The predicted molar refractivity (Wildman–Crippen MR) is 115 cm³/mol. The molecule has 0 aliphatic carbocycles. The van der Waals surface area contributed by atoms with Crippen LogP contribution in [0.5, 0.6) is 11.5 Å². The van der Waals surface area contributed by atoms with Crippen LogP contribution in [0.25, 0.3) is 22.4 Å². The molecule has 1 aromatic carbocycles. The number of hydrogen-bond donors (Lipinski definition) is 0. The third-order valence-electron chi connectivity index (χ3n) is 4.68. The average molecular weight is 367 g/mol. The lowest BCUT2D eigenvalue weighted by Gasteiger charge is -2.20. The van der Waals surface area contributed by atoms with Crippen molar-refractivity contribution < 1.29 is 9.47 Å². The molecule has 0 saturated heterocycles. The van der Waals surface area contributed by atoms with E-state index in [-0.39, 0.29) is 5.56 Å². The monoisotopic (exact) mass is 367 g/mol. The second-order valence-corrected chi connectivity index (χ2v) is 6.27. The van der Waals surface area contributed by atoms with E-state index in [1.165, 1.54) is 0 Å². The SMILES string of the molecule is C=Cc1c(C(=C\C)/C=C/C)n(CCCC)c(=O)c2cc(OC)c(OC)cc12. The van der Waals surface area contributed by atoms with Crippen molar-refractivity contribution in [3.8, 4) is 11.5 Å². The molecule has 1 heterocycles. The first-order chi connectivity index (χ1) is 13.1. The lowest BCUT2D eigenvalue weighted by Crippen LogP contribution is -2.25. The third kappa shape index (κ3) is 3.85. The first-order valence-electron chi connectivity index (χ1n) is 9.32. The van der Waals surface area contributed by atoms with Gasteiger partial charge in [-0.25, -0.2) is 0 Å². The van der Waals surface area contributed by atoms with Gasteiger partial charge in [0.05, 0.1) is 25.3 Å². The molecule has 2 rings (SSSR count). The van der Waals surface area contributed by atoms with Crippen LogP contribution in [0.4, 0.5) is 0 Å². The van der Waals surface area contributed by atoms with Gasteiger partial charge in [-0.3, -0.25) is 4.79 Å². The summed E-state index contributed by atoms with van der Waals surface area (Å²) in [6, 6.07) is 3.63. The van der Waals surface area contributed by atoms with Crippen molar-refractivity contribution in [3.63, 3.8) is 0 Å². The standard InChI is InChI=1S/C23H29NO3/c1-7-11-13-24-22(16(9-3)12-8-2)17(10-4)18-14-20(26-5)21(27-6)15-19(18)23(24)25/h8-10,12,14-15H,4,7,11,13H2,1-3,5-6H3/b12-8+,16-9-. The van der Waals surface area contributed by atoms with E-state index in [0.717, 1.165) is 35.1 Å². The first kappa shape index (κ1) is 20.6. The summed E-state index contributed by atoms with van der Waals surface area (Å²) in [5.41, 5.74) is 2.79. The number of hydrogen-bond acceptors (Lipinski definition) is 3. The summed E-state index contributed by atoms with van der Waals surface area (Å²) in [6.07, 6.45) is 9.78. The molecule has 0 bridgehead atoms. The Kier molecular flexibility index (Phi) is 7.05. The molecule has 0 spiro atoms. The fourth-order valence-corrected chi connectivity index (χ4v) is 3.34. The van der Waals surface area contributed by atoms with Crippen LogP contribution in [0.2, 0.25) is 0 Å². The summed E-state index contributed by atoms with van der Waals surface area (Å²) in [4.78, 5) is 13.4. The van der Waals surface area contributed by atoms with Gasteiger partial charge in [-0.2, -0.15) is 0 Å². The second-order valence-electron chi connectivity index (χ2n) is 6.27. The Balaban J connectivity index is 3.04. The number of ether oxygens (including phenoxy) is 2. The maximum Gasteiger partial charge on any atom is 0.259 e. The van der Waals surface area contributed by atoms with Crippen LogP contribution in [0, 0.1) is 0 Å². The Labute approximate surface area is 161 Å². The number of benzene rings is 1. The predicted octanol–water partition coefficient (Wildman–Crippen LogP) is 5.44. The molecular formula is C23H29NO3. The number of pyridine rings is 1. The van der Waals surface area contributed by atoms with Crippen LogP contribution in [0.3, 0.4) is 0 Å². The van der Waals surface area contributed by atoms with Gasteiger partial charge in [0, 0.05) is 17.5 Å². The van der Waals surface area contributed by atoms with Gasteiger partial charge in [0.2, 0.25) is 0 Å². The van der Waals surface area contributed by atoms with Crippen molar-refractivity contribution in [2.24, 2.45) is 0 Å². The summed E-state index contributed by atoms with van der Waals surface area (Å²) in [5, 5.41) is 1.43. The molecule has 0 N–H and O–H groups in total. The Bertz CT molecular complexity index is 948. The quantitative estimate of drug-likeness (QED) is 0.583. The van der Waals surface area contributed by atoms with E-state index in [1.54, 1.807) is 20.3 Å². The van der Waals surface area contributed by atoms with Gasteiger partial charge < -0.3 is 14.0 Å². The van der Waals surface area contributed by atoms with Gasteiger partial charge >= 0.3 is 0 Å². The number of methoxy groups -OCH3 is 2. The van der Waals surface area contributed by atoms with E-state index in [2.05, 4.69) is 13.5 Å². The van der Waals surface area contributed by atoms with E-state index in [4.69, 9.17) is 9.47 Å². The van der Waals surface area contributed by atoms with Crippen molar-refractivity contribution in [1.29, 1.82) is 0 Å². The molecule has 0 fully saturated rings. The van der Waals surface area contributed by atoms with Crippen LogP contribution in [0.15, 0.2) is 41.7 Å². The zero-order valence-electron chi connectivity index (χ0n) is 17.0. The van der Waals surface area contributed by atoms with Crippen LogP contribution in [-0.2, 0) is 6.54 Å². The van der Waals surface area contributed by atoms with Gasteiger partial charge in [-0.1, -0.05) is 44.2 Å². The van der Waals surface area contributed by atoms with Gasteiger partial charge in [0.25, 0.3) is 5.56 Å². The number of nitrogens with zero attached hydrogens (tertiary/aromatic N) is 1. The molecular weight excluding hydrogens is 338 g/mol. The zero-order valence-corrected chi connectivity index (χ0v) is 17.0. The minimum atomic E-state index is -0.0242. The minimum absolute atomic E-state index is 0.0242. The lowest BCUT2D eigenvalue weighted by molar-refractivity contribution is 0.356. The molecule has 4 heteroatoms. The normalized spacial score (nSPS) is 12.0. The highest BCUT2D eigenvalue weighted by molar-refractivity contribution is 5.97. The highest BCUT2D eigenvalue weighted by Crippen LogP contribution is 2.35. The fourth-order valence-electron chi connectivity index (χ4n) is 3.34. The minimum Gasteiger partial charge on any atom is -0.493 e. The molecule has 144 valence electrons. The number of aromatic nitrogens is 1. The topological polar surface area (TPSA) is 40.5 Å². The Hall–Kier alpha value is -2.75. The van der Waals surface area contributed by atoms with Crippen molar-refractivity contribution in [2.45, 2.75) is 40.2 Å². The highest BCUT2D eigenvalue weighted by atomic mass is 16.5. The number of fused-ring (bicyclic) bond motifs is 1. The third-order valence-corrected chi connectivity index (χ3v) is 4.68. The Morgan fingerprint density at radius 1 is 1.15 bits per heavy atom. The van der Waals surface area contributed by atoms with Crippen LogP contribution >= 0.6 is 0 Å². The molecule has 1 aromatic heterocycles. The summed E-state index contributed by atoms with van der Waals surface area (Å²) >= 11 is 0. The van der Waals surface area contributed by atoms with Crippen LogP contribution in [-0.4, -0.2) is 18.8 Å². The summed E-state index contributed by atoms with van der Waals surface area (Å²) in [6.45, 7) is 10.8.